The average Bonchev–Trinajstić information content (AvgIpc) is 3.52. The Balaban J connectivity index is 1.31. The predicted molar refractivity (Wildman–Crippen MR) is 143 cm³/mol. The maximum Gasteiger partial charge on any atom is 0.420 e. The summed E-state index contributed by atoms with van der Waals surface area (Å²) in [6.07, 6.45) is -1.54. The third-order valence-corrected chi connectivity index (χ3v) is 8.11. The number of likely N-dealkylation sites (tertiary alicyclic amines) is 1. The summed E-state index contributed by atoms with van der Waals surface area (Å²) in [5.74, 6) is 0. The van der Waals surface area contributed by atoms with Crippen molar-refractivity contribution in [2.75, 3.05) is 33.4 Å². The smallest absolute Gasteiger partial charge is 0.381 e. The Hall–Kier alpha value is -3.35. The number of fused-ring (bicyclic) bond motifs is 3. The molecule has 1 saturated heterocycles. The number of ether oxygens (including phenoxy) is 2. The van der Waals surface area contributed by atoms with E-state index in [9.17, 15) is 18.0 Å². The number of halogens is 3. The number of aromatic nitrogens is 5. The van der Waals surface area contributed by atoms with Crippen LogP contribution in [0.5, 0.6) is 0 Å². The number of imidazole rings is 1. The first-order valence-electron chi connectivity index (χ1n) is 13.5. The SMILES string of the molecule is COC1CC(n2c(=O)n(C)c3nnc4ccc(-c5ccc(C(OCCN6CCCC6)C(F)(F)F)nc5)cc4c32)C1. The molecule has 0 N–H and O–H groups in total. The molecule has 0 spiro atoms. The number of alkyl halides is 3. The molecule has 2 aliphatic rings. The van der Waals surface area contributed by atoms with Gasteiger partial charge in [-0.3, -0.25) is 14.1 Å². The number of benzene rings is 1. The van der Waals surface area contributed by atoms with Gasteiger partial charge in [-0.1, -0.05) is 12.1 Å². The van der Waals surface area contributed by atoms with Gasteiger partial charge in [-0.25, -0.2) is 4.79 Å². The molecule has 4 aromatic rings. The van der Waals surface area contributed by atoms with Gasteiger partial charge in [-0.15, -0.1) is 10.2 Å². The van der Waals surface area contributed by atoms with E-state index in [1.807, 2.05) is 12.1 Å². The summed E-state index contributed by atoms with van der Waals surface area (Å²) >= 11 is 0. The normalized spacial score (nSPS) is 20.8. The fourth-order valence-corrected chi connectivity index (χ4v) is 5.74. The lowest BCUT2D eigenvalue weighted by Crippen LogP contribution is -2.37. The van der Waals surface area contributed by atoms with Crippen LogP contribution in [0.25, 0.3) is 33.2 Å². The second-order valence-electron chi connectivity index (χ2n) is 10.6. The first kappa shape index (κ1) is 26.9. The van der Waals surface area contributed by atoms with Crippen molar-refractivity contribution in [2.45, 2.75) is 50.1 Å². The lowest BCUT2D eigenvalue weighted by atomic mass is 9.89. The molecule has 12 heteroatoms. The van der Waals surface area contributed by atoms with Crippen molar-refractivity contribution in [3.63, 3.8) is 0 Å². The highest BCUT2D eigenvalue weighted by atomic mass is 19.4. The highest BCUT2D eigenvalue weighted by Gasteiger charge is 2.43. The molecule has 6 rings (SSSR count). The molecular weight excluding hydrogens is 525 g/mol. The Morgan fingerprint density at radius 3 is 2.50 bits per heavy atom. The van der Waals surface area contributed by atoms with Crippen LogP contribution in [0, 0.1) is 0 Å². The molecule has 40 heavy (non-hydrogen) atoms. The van der Waals surface area contributed by atoms with Gasteiger partial charge in [0, 0.05) is 43.9 Å². The zero-order chi connectivity index (χ0) is 28.0. The van der Waals surface area contributed by atoms with Crippen molar-refractivity contribution in [3.8, 4) is 11.1 Å². The Labute approximate surface area is 228 Å². The Kier molecular flexibility index (Phi) is 7.09. The van der Waals surface area contributed by atoms with Crippen LogP contribution in [0.15, 0.2) is 41.3 Å². The molecule has 3 aromatic heterocycles. The highest BCUT2D eigenvalue weighted by Crippen LogP contribution is 2.38. The highest BCUT2D eigenvalue weighted by molar-refractivity contribution is 6.02. The number of rotatable bonds is 8. The van der Waals surface area contributed by atoms with Crippen molar-refractivity contribution in [3.05, 3.63) is 52.7 Å². The number of hydrogen-bond donors (Lipinski definition) is 0. The molecule has 0 bridgehead atoms. The van der Waals surface area contributed by atoms with E-state index < -0.39 is 12.3 Å². The lowest BCUT2D eigenvalue weighted by Gasteiger charge is -2.34. The largest absolute Gasteiger partial charge is 0.420 e. The summed E-state index contributed by atoms with van der Waals surface area (Å²) in [6, 6.07) is 8.48. The van der Waals surface area contributed by atoms with E-state index in [1.165, 1.54) is 16.8 Å². The fourth-order valence-electron chi connectivity index (χ4n) is 5.74. The van der Waals surface area contributed by atoms with Gasteiger partial charge in [0.15, 0.2) is 11.8 Å². The number of nitrogens with zero attached hydrogens (tertiary/aromatic N) is 6. The average molecular weight is 557 g/mol. The van der Waals surface area contributed by atoms with E-state index in [4.69, 9.17) is 9.47 Å². The molecule has 0 amide bonds. The van der Waals surface area contributed by atoms with Gasteiger partial charge in [0.2, 0.25) is 0 Å². The van der Waals surface area contributed by atoms with E-state index >= 15 is 0 Å². The molecule has 2 fully saturated rings. The van der Waals surface area contributed by atoms with Crippen LogP contribution in [-0.2, 0) is 16.5 Å². The molecule has 0 radical (unpaired) electrons. The molecule has 1 unspecified atom stereocenters. The summed E-state index contributed by atoms with van der Waals surface area (Å²) in [5, 5.41) is 9.35. The first-order valence-corrected chi connectivity index (χ1v) is 13.5. The number of hydrogen-bond acceptors (Lipinski definition) is 7. The topological polar surface area (TPSA) is 87.3 Å². The van der Waals surface area contributed by atoms with Gasteiger partial charge < -0.3 is 14.4 Å². The van der Waals surface area contributed by atoms with Crippen molar-refractivity contribution >= 4 is 22.1 Å². The van der Waals surface area contributed by atoms with E-state index in [0.717, 1.165) is 49.7 Å². The van der Waals surface area contributed by atoms with Crippen LogP contribution in [0.3, 0.4) is 0 Å². The fraction of sp³-hybridized carbons (Fsp3) is 0.500. The molecule has 212 valence electrons. The van der Waals surface area contributed by atoms with Gasteiger partial charge in [0.05, 0.1) is 23.9 Å². The standard InChI is InChI=1S/C28H31F3N6O3/c1-35-26-24(37(27(35)38)19-14-20(15-19)39-2)21-13-17(5-7-22(21)33-34-26)18-6-8-23(32-16-18)25(28(29,30)31)40-12-11-36-9-3-4-10-36/h5-8,13,16,19-20,25H,3-4,9-12,14-15H2,1-2H3. The summed E-state index contributed by atoms with van der Waals surface area (Å²) in [6.45, 7) is 2.24. The zero-order valence-electron chi connectivity index (χ0n) is 22.4. The molecule has 9 nitrogen and oxygen atoms in total. The minimum absolute atomic E-state index is 0.0112. The molecule has 1 atom stereocenters. The maximum atomic E-state index is 13.8. The quantitative estimate of drug-likeness (QED) is 0.318. The molecule has 1 saturated carbocycles. The van der Waals surface area contributed by atoms with Gasteiger partial charge >= 0.3 is 11.9 Å². The second-order valence-corrected chi connectivity index (χ2v) is 10.6. The minimum atomic E-state index is -4.58. The molecule has 4 heterocycles. The zero-order valence-corrected chi connectivity index (χ0v) is 22.4. The Morgan fingerprint density at radius 2 is 1.82 bits per heavy atom. The van der Waals surface area contributed by atoms with Crippen LogP contribution < -0.4 is 5.69 Å². The summed E-state index contributed by atoms with van der Waals surface area (Å²) in [4.78, 5) is 19.4. The Morgan fingerprint density at radius 1 is 1.07 bits per heavy atom. The van der Waals surface area contributed by atoms with Crippen molar-refractivity contribution in [2.24, 2.45) is 7.05 Å². The van der Waals surface area contributed by atoms with Crippen LogP contribution in [0.1, 0.15) is 43.5 Å². The van der Waals surface area contributed by atoms with Gasteiger partial charge in [-0.2, -0.15) is 13.2 Å². The predicted octanol–water partition coefficient (Wildman–Crippen LogP) is 4.41. The van der Waals surface area contributed by atoms with Gasteiger partial charge in [-0.05, 0) is 62.5 Å². The molecule has 1 aliphatic carbocycles. The molecule has 1 aliphatic heterocycles. The molecule has 1 aromatic carbocycles. The van der Waals surface area contributed by atoms with E-state index in [2.05, 4.69) is 20.1 Å². The number of pyridine rings is 1. The summed E-state index contributed by atoms with van der Waals surface area (Å²) < 4.78 is 55.5. The van der Waals surface area contributed by atoms with Crippen molar-refractivity contribution < 1.29 is 22.6 Å². The third kappa shape index (κ3) is 4.88. The van der Waals surface area contributed by atoms with E-state index in [1.54, 1.807) is 30.9 Å². The van der Waals surface area contributed by atoms with Crippen LogP contribution >= 0.6 is 0 Å². The first-order chi connectivity index (χ1) is 19.2. The second kappa shape index (κ2) is 10.6. The summed E-state index contributed by atoms with van der Waals surface area (Å²) in [5.41, 5.74) is 2.81. The van der Waals surface area contributed by atoms with E-state index in [0.29, 0.717) is 28.8 Å². The van der Waals surface area contributed by atoms with Crippen LogP contribution in [0.4, 0.5) is 13.2 Å². The van der Waals surface area contributed by atoms with Gasteiger partial charge in [0.1, 0.15) is 5.52 Å². The van der Waals surface area contributed by atoms with Gasteiger partial charge in [0.25, 0.3) is 0 Å². The molecular formula is C28H31F3N6O3. The van der Waals surface area contributed by atoms with Crippen molar-refractivity contribution in [1.82, 2.24) is 29.2 Å². The Bertz CT molecular complexity index is 1570. The maximum absolute atomic E-state index is 13.8. The van der Waals surface area contributed by atoms with E-state index in [-0.39, 0.29) is 30.1 Å². The van der Waals surface area contributed by atoms with Crippen molar-refractivity contribution in [1.29, 1.82) is 0 Å². The lowest BCUT2D eigenvalue weighted by molar-refractivity contribution is -0.225. The monoisotopic (exact) mass is 556 g/mol. The van der Waals surface area contributed by atoms with Crippen LogP contribution in [-0.4, -0.2) is 74.8 Å². The number of methoxy groups -OCH3 is 1. The third-order valence-electron chi connectivity index (χ3n) is 8.11. The van der Waals surface area contributed by atoms with Crippen LogP contribution in [0.2, 0.25) is 0 Å². The number of aryl methyl sites for hydroxylation is 1. The minimum Gasteiger partial charge on any atom is -0.381 e. The summed E-state index contributed by atoms with van der Waals surface area (Å²) in [7, 11) is 3.34.